The molecule has 2 aromatic rings. The number of carboxylic acids is 1. The van der Waals surface area contributed by atoms with E-state index in [0.29, 0.717) is 22.1 Å². The highest BCUT2D eigenvalue weighted by Crippen LogP contribution is 2.28. The molecule has 0 spiro atoms. The summed E-state index contributed by atoms with van der Waals surface area (Å²) in [6.45, 7) is 0. The number of amides is 1. The zero-order valence-corrected chi connectivity index (χ0v) is 14.4. The van der Waals surface area contributed by atoms with Crippen LogP contribution < -0.4 is 15.4 Å². The van der Waals surface area contributed by atoms with Crippen LogP contribution in [0.15, 0.2) is 54.2 Å². The molecular formula is C18H14ClN3O4. The number of nitrogens with zero attached hydrogens (tertiary/aromatic N) is 1. The lowest BCUT2D eigenvalue weighted by molar-refractivity contribution is -0.112. The molecular weight excluding hydrogens is 358 g/mol. The normalized spacial score (nSPS) is 10.6. The largest absolute Gasteiger partial charge is 0.495 e. The third-order valence-electron chi connectivity index (χ3n) is 3.27. The first-order valence-corrected chi connectivity index (χ1v) is 7.67. The van der Waals surface area contributed by atoms with Crippen molar-refractivity contribution in [2.75, 3.05) is 17.7 Å². The SMILES string of the molecule is COc1ccc(Cl)cc1NC(=O)/C(C#N)=C\Nc1cccc(C(=O)O)c1. The summed E-state index contributed by atoms with van der Waals surface area (Å²) >= 11 is 5.91. The van der Waals surface area contributed by atoms with E-state index in [4.69, 9.17) is 21.4 Å². The van der Waals surface area contributed by atoms with Crippen LogP contribution in [0.2, 0.25) is 5.02 Å². The average molecular weight is 372 g/mol. The number of rotatable bonds is 6. The van der Waals surface area contributed by atoms with E-state index in [1.54, 1.807) is 30.3 Å². The second kappa shape index (κ2) is 8.55. The molecule has 0 aliphatic carbocycles. The first kappa shape index (κ1) is 18.8. The number of carboxylic acid groups (broad SMARTS) is 1. The minimum absolute atomic E-state index is 0.0787. The van der Waals surface area contributed by atoms with Crippen molar-refractivity contribution in [3.63, 3.8) is 0 Å². The van der Waals surface area contributed by atoms with Crippen LogP contribution in [0.25, 0.3) is 0 Å². The zero-order chi connectivity index (χ0) is 19.1. The van der Waals surface area contributed by atoms with Gasteiger partial charge >= 0.3 is 5.97 Å². The molecule has 0 unspecified atom stereocenters. The Hall–Kier alpha value is -3.50. The van der Waals surface area contributed by atoms with E-state index in [0.717, 1.165) is 0 Å². The van der Waals surface area contributed by atoms with Crippen molar-refractivity contribution in [2.45, 2.75) is 0 Å². The number of anilines is 2. The molecule has 0 bridgehead atoms. The number of carbonyl (C=O) groups excluding carboxylic acids is 1. The van der Waals surface area contributed by atoms with Gasteiger partial charge < -0.3 is 20.5 Å². The molecule has 2 aromatic carbocycles. The fourth-order valence-electron chi connectivity index (χ4n) is 2.01. The Labute approximate surface area is 154 Å². The van der Waals surface area contributed by atoms with Crippen LogP contribution in [-0.2, 0) is 4.79 Å². The van der Waals surface area contributed by atoms with Crippen LogP contribution in [0.1, 0.15) is 10.4 Å². The lowest BCUT2D eigenvalue weighted by Gasteiger charge is -2.10. The topological polar surface area (TPSA) is 111 Å². The number of hydrogen-bond acceptors (Lipinski definition) is 5. The first-order valence-electron chi connectivity index (χ1n) is 7.29. The van der Waals surface area contributed by atoms with Gasteiger partial charge in [0.15, 0.2) is 0 Å². The third kappa shape index (κ3) is 4.75. The van der Waals surface area contributed by atoms with Crippen molar-refractivity contribution in [1.29, 1.82) is 5.26 Å². The van der Waals surface area contributed by atoms with E-state index < -0.39 is 11.9 Å². The summed E-state index contributed by atoms with van der Waals surface area (Å²) < 4.78 is 5.13. The number of nitrogens with one attached hydrogen (secondary N) is 2. The molecule has 7 nitrogen and oxygen atoms in total. The van der Waals surface area contributed by atoms with E-state index in [-0.39, 0.29) is 11.1 Å². The number of aromatic carboxylic acids is 1. The molecule has 26 heavy (non-hydrogen) atoms. The molecule has 0 atom stereocenters. The minimum atomic E-state index is -1.08. The number of hydrogen-bond donors (Lipinski definition) is 3. The lowest BCUT2D eigenvalue weighted by Crippen LogP contribution is -2.15. The summed E-state index contributed by atoms with van der Waals surface area (Å²) in [6.07, 6.45) is 1.19. The predicted octanol–water partition coefficient (Wildman–Crippen LogP) is 3.50. The van der Waals surface area contributed by atoms with Crippen molar-refractivity contribution in [3.8, 4) is 11.8 Å². The molecule has 0 heterocycles. The molecule has 0 aliphatic rings. The first-order chi connectivity index (χ1) is 12.4. The highest BCUT2D eigenvalue weighted by Gasteiger charge is 2.13. The summed E-state index contributed by atoms with van der Waals surface area (Å²) in [5.41, 5.74) is 0.604. The van der Waals surface area contributed by atoms with E-state index in [9.17, 15) is 14.9 Å². The van der Waals surface area contributed by atoms with Gasteiger partial charge in [-0.15, -0.1) is 0 Å². The molecule has 0 fully saturated rings. The van der Waals surface area contributed by atoms with Crippen molar-refractivity contribution < 1.29 is 19.4 Å². The van der Waals surface area contributed by atoms with Crippen molar-refractivity contribution >= 4 is 34.9 Å². The number of halogens is 1. The third-order valence-corrected chi connectivity index (χ3v) is 3.50. The van der Waals surface area contributed by atoms with Crippen LogP contribution in [0.5, 0.6) is 5.75 Å². The van der Waals surface area contributed by atoms with Gasteiger partial charge in [0.05, 0.1) is 18.4 Å². The molecule has 0 aromatic heterocycles. The summed E-state index contributed by atoms with van der Waals surface area (Å²) in [7, 11) is 1.44. The van der Waals surface area contributed by atoms with Crippen LogP contribution >= 0.6 is 11.6 Å². The van der Waals surface area contributed by atoms with Crippen LogP contribution in [0.3, 0.4) is 0 Å². The maximum atomic E-state index is 12.3. The number of nitriles is 1. The molecule has 132 valence electrons. The zero-order valence-electron chi connectivity index (χ0n) is 13.6. The molecule has 2 rings (SSSR count). The number of ether oxygens (including phenoxy) is 1. The van der Waals surface area contributed by atoms with Gasteiger partial charge in [-0.25, -0.2) is 4.79 Å². The second-order valence-electron chi connectivity index (χ2n) is 5.00. The average Bonchev–Trinajstić information content (AvgIpc) is 2.62. The summed E-state index contributed by atoms with van der Waals surface area (Å²) in [6, 6.07) is 12.4. The Morgan fingerprint density at radius 3 is 2.69 bits per heavy atom. The standard InChI is InChI=1S/C18H14ClN3O4/c1-26-16-6-5-13(19)8-15(16)22-17(23)12(9-20)10-21-14-4-2-3-11(7-14)18(24)25/h2-8,10,21H,1H3,(H,22,23)(H,24,25)/b12-10-. The highest BCUT2D eigenvalue weighted by molar-refractivity contribution is 6.31. The number of methoxy groups -OCH3 is 1. The Morgan fingerprint density at radius 1 is 1.27 bits per heavy atom. The van der Waals surface area contributed by atoms with Gasteiger partial charge in [-0.1, -0.05) is 17.7 Å². The fraction of sp³-hybridized carbons (Fsp3) is 0.0556. The van der Waals surface area contributed by atoms with Gasteiger partial charge in [0.1, 0.15) is 17.4 Å². The van der Waals surface area contributed by atoms with Gasteiger partial charge in [-0.05, 0) is 36.4 Å². The number of benzene rings is 2. The van der Waals surface area contributed by atoms with Crippen molar-refractivity contribution in [2.24, 2.45) is 0 Å². The van der Waals surface area contributed by atoms with Gasteiger partial charge in [0.25, 0.3) is 5.91 Å². The molecule has 0 saturated heterocycles. The van der Waals surface area contributed by atoms with E-state index >= 15 is 0 Å². The monoisotopic (exact) mass is 371 g/mol. The van der Waals surface area contributed by atoms with Crippen molar-refractivity contribution in [1.82, 2.24) is 0 Å². The van der Waals surface area contributed by atoms with Crippen LogP contribution in [-0.4, -0.2) is 24.1 Å². The van der Waals surface area contributed by atoms with Gasteiger partial charge in [-0.3, -0.25) is 4.79 Å². The lowest BCUT2D eigenvalue weighted by atomic mass is 10.2. The smallest absolute Gasteiger partial charge is 0.335 e. The molecule has 0 radical (unpaired) electrons. The predicted molar refractivity (Wildman–Crippen MR) is 97.4 cm³/mol. The maximum Gasteiger partial charge on any atom is 0.335 e. The van der Waals surface area contributed by atoms with Crippen LogP contribution in [0.4, 0.5) is 11.4 Å². The molecule has 3 N–H and O–H groups in total. The fourth-order valence-corrected chi connectivity index (χ4v) is 2.19. The number of carbonyl (C=O) groups is 2. The Kier molecular flexibility index (Phi) is 6.20. The quantitative estimate of drug-likeness (QED) is 0.529. The van der Waals surface area contributed by atoms with Crippen molar-refractivity contribution in [3.05, 3.63) is 64.8 Å². The maximum absolute atomic E-state index is 12.3. The Morgan fingerprint density at radius 2 is 2.04 bits per heavy atom. The van der Waals surface area contributed by atoms with Gasteiger partial charge in [-0.2, -0.15) is 5.26 Å². The molecule has 0 saturated carbocycles. The Balaban J connectivity index is 2.17. The molecule has 8 heteroatoms. The summed E-state index contributed by atoms with van der Waals surface area (Å²) in [5, 5.41) is 23.9. The molecule has 0 aliphatic heterocycles. The van der Waals surface area contributed by atoms with Gasteiger partial charge in [0, 0.05) is 16.9 Å². The van der Waals surface area contributed by atoms with E-state index in [2.05, 4.69) is 10.6 Å². The van der Waals surface area contributed by atoms with E-state index in [1.165, 1.54) is 31.5 Å². The Bertz CT molecular complexity index is 919. The highest BCUT2D eigenvalue weighted by atomic mass is 35.5. The summed E-state index contributed by atoms with van der Waals surface area (Å²) in [5.74, 6) is -1.36. The molecule has 1 amide bonds. The van der Waals surface area contributed by atoms with Crippen LogP contribution in [0, 0.1) is 11.3 Å². The second-order valence-corrected chi connectivity index (χ2v) is 5.44. The summed E-state index contributed by atoms with van der Waals surface area (Å²) in [4.78, 5) is 23.2. The minimum Gasteiger partial charge on any atom is -0.495 e. The van der Waals surface area contributed by atoms with Gasteiger partial charge in [0.2, 0.25) is 0 Å². The van der Waals surface area contributed by atoms with E-state index in [1.807, 2.05) is 0 Å².